The van der Waals surface area contributed by atoms with E-state index in [1.807, 2.05) is 6.92 Å². The van der Waals surface area contributed by atoms with E-state index < -0.39 is 19.5 Å². The quantitative estimate of drug-likeness (QED) is 0.671. The average molecular weight is 230 g/mol. The largest absolute Gasteiger partial charge is 0.481 e. The summed E-state index contributed by atoms with van der Waals surface area (Å²) in [5.41, 5.74) is -0.444. The zero-order valence-electron chi connectivity index (χ0n) is 10.9. The summed E-state index contributed by atoms with van der Waals surface area (Å²) in [5.74, 6) is -0.583. The van der Waals surface area contributed by atoms with Crippen LogP contribution in [0.5, 0.6) is 0 Å². The molecule has 0 heterocycles. The third kappa shape index (κ3) is 4.82. The Morgan fingerprint density at radius 2 is 1.80 bits per heavy atom. The first-order valence-electron chi connectivity index (χ1n) is 6.01. The van der Waals surface area contributed by atoms with Crippen LogP contribution in [0.2, 0.25) is 25.7 Å². The van der Waals surface area contributed by atoms with Crippen LogP contribution in [0, 0.1) is 5.41 Å². The van der Waals surface area contributed by atoms with Crippen molar-refractivity contribution in [2.45, 2.75) is 65.2 Å². The van der Waals surface area contributed by atoms with E-state index in [9.17, 15) is 9.90 Å². The lowest BCUT2D eigenvalue weighted by Gasteiger charge is -2.33. The second kappa shape index (κ2) is 5.68. The Bertz CT molecular complexity index is 208. The molecule has 1 unspecified atom stereocenters. The van der Waals surface area contributed by atoms with Gasteiger partial charge in [-0.1, -0.05) is 46.3 Å². The van der Waals surface area contributed by atoms with Crippen molar-refractivity contribution in [2.24, 2.45) is 5.41 Å². The number of carboxylic acid groups (broad SMARTS) is 1. The summed E-state index contributed by atoms with van der Waals surface area (Å²) in [4.78, 5) is 11.5. The topological polar surface area (TPSA) is 37.3 Å². The van der Waals surface area contributed by atoms with Gasteiger partial charge in [-0.05, 0) is 18.9 Å². The summed E-state index contributed by atoms with van der Waals surface area (Å²) in [5, 5.41) is 9.44. The van der Waals surface area contributed by atoms with Crippen LogP contribution in [-0.2, 0) is 4.79 Å². The van der Waals surface area contributed by atoms with Crippen molar-refractivity contribution >= 4 is 14.0 Å². The van der Waals surface area contributed by atoms with E-state index in [-0.39, 0.29) is 0 Å². The highest BCUT2D eigenvalue weighted by molar-refractivity contribution is 6.76. The van der Waals surface area contributed by atoms with Crippen LogP contribution in [0.15, 0.2) is 0 Å². The van der Waals surface area contributed by atoms with Crippen LogP contribution < -0.4 is 0 Å². The van der Waals surface area contributed by atoms with Crippen LogP contribution in [-0.4, -0.2) is 19.1 Å². The van der Waals surface area contributed by atoms with E-state index in [1.165, 1.54) is 0 Å². The molecule has 90 valence electrons. The van der Waals surface area contributed by atoms with Crippen LogP contribution in [0.25, 0.3) is 0 Å². The molecular formula is C12H26O2Si. The number of unbranched alkanes of at least 4 members (excludes halogenated alkanes) is 1. The standard InChI is InChI=1S/C12H26O2Si/c1-6-8-9-12(7-2,11(13)14)10-15(3,4)5/h6-10H2,1-5H3,(H,13,14). The molecule has 3 heteroatoms. The second-order valence-corrected chi connectivity index (χ2v) is 11.3. The third-order valence-electron chi connectivity index (χ3n) is 3.01. The Balaban J connectivity index is 4.73. The minimum absolute atomic E-state index is 0.444. The number of carbonyl (C=O) groups is 1. The number of rotatable bonds is 7. The summed E-state index contributed by atoms with van der Waals surface area (Å²) in [6, 6.07) is 0.909. The molecular weight excluding hydrogens is 204 g/mol. The minimum atomic E-state index is -1.31. The summed E-state index contributed by atoms with van der Waals surface area (Å²) in [6.45, 7) is 10.9. The molecule has 0 aromatic rings. The van der Waals surface area contributed by atoms with Crippen LogP contribution >= 0.6 is 0 Å². The van der Waals surface area contributed by atoms with Gasteiger partial charge < -0.3 is 5.11 Å². The molecule has 0 aliphatic rings. The monoisotopic (exact) mass is 230 g/mol. The fourth-order valence-corrected chi connectivity index (χ4v) is 4.86. The van der Waals surface area contributed by atoms with Crippen molar-refractivity contribution in [3.8, 4) is 0 Å². The fourth-order valence-electron chi connectivity index (χ4n) is 2.25. The Morgan fingerprint density at radius 3 is 2.07 bits per heavy atom. The van der Waals surface area contributed by atoms with E-state index in [1.54, 1.807) is 0 Å². The predicted molar refractivity (Wildman–Crippen MR) is 68.0 cm³/mol. The Kier molecular flexibility index (Phi) is 5.57. The van der Waals surface area contributed by atoms with E-state index in [0.29, 0.717) is 0 Å². The number of hydrogen-bond donors (Lipinski definition) is 1. The van der Waals surface area contributed by atoms with Gasteiger partial charge in [0.25, 0.3) is 0 Å². The van der Waals surface area contributed by atoms with E-state index in [2.05, 4.69) is 26.6 Å². The predicted octanol–water partition coefficient (Wildman–Crippen LogP) is 4.00. The van der Waals surface area contributed by atoms with Gasteiger partial charge >= 0.3 is 5.97 Å². The summed E-state index contributed by atoms with van der Waals surface area (Å²) in [7, 11) is -1.31. The molecule has 0 saturated carbocycles. The van der Waals surface area contributed by atoms with Crippen LogP contribution in [0.3, 0.4) is 0 Å². The van der Waals surface area contributed by atoms with Crippen molar-refractivity contribution in [3.63, 3.8) is 0 Å². The molecule has 0 fully saturated rings. The maximum Gasteiger partial charge on any atom is 0.309 e. The molecule has 2 nitrogen and oxygen atoms in total. The second-order valence-electron chi connectivity index (χ2n) is 5.78. The molecule has 15 heavy (non-hydrogen) atoms. The number of aliphatic carboxylic acids is 1. The van der Waals surface area contributed by atoms with Gasteiger partial charge in [0.15, 0.2) is 0 Å². The highest BCUT2D eigenvalue weighted by Crippen LogP contribution is 2.38. The molecule has 0 bridgehead atoms. The van der Waals surface area contributed by atoms with Crippen LogP contribution in [0.1, 0.15) is 39.5 Å². The van der Waals surface area contributed by atoms with Crippen molar-refractivity contribution in [2.75, 3.05) is 0 Å². The van der Waals surface area contributed by atoms with Gasteiger partial charge in [0, 0.05) is 8.07 Å². The summed E-state index contributed by atoms with van der Waals surface area (Å²) < 4.78 is 0. The highest BCUT2D eigenvalue weighted by Gasteiger charge is 2.39. The first-order chi connectivity index (χ1) is 6.77. The molecule has 0 aliphatic carbocycles. The maximum absolute atomic E-state index is 11.5. The molecule has 0 radical (unpaired) electrons. The molecule has 0 spiro atoms. The molecule has 0 saturated heterocycles. The van der Waals surface area contributed by atoms with Crippen molar-refractivity contribution in [1.82, 2.24) is 0 Å². The van der Waals surface area contributed by atoms with Gasteiger partial charge in [0.2, 0.25) is 0 Å². The molecule has 1 atom stereocenters. The highest BCUT2D eigenvalue weighted by atomic mass is 28.3. The number of hydrogen-bond acceptors (Lipinski definition) is 1. The summed E-state index contributed by atoms with van der Waals surface area (Å²) >= 11 is 0. The van der Waals surface area contributed by atoms with E-state index >= 15 is 0 Å². The lowest BCUT2D eigenvalue weighted by molar-refractivity contribution is -0.148. The van der Waals surface area contributed by atoms with Gasteiger partial charge in [-0.2, -0.15) is 0 Å². The molecule has 0 aliphatic heterocycles. The Labute approximate surface area is 95.1 Å². The minimum Gasteiger partial charge on any atom is -0.481 e. The van der Waals surface area contributed by atoms with Crippen LogP contribution in [0.4, 0.5) is 0 Å². The first kappa shape index (κ1) is 14.7. The number of carboxylic acids is 1. The lowest BCUT2D eigenvalue weighted by atomic mass is 9.82. The van der Waals surface area contributed by atoms with Gasteiger partial charge in [0.05, 0.1) is 5.41 Å². The molecule has 0 aromatic carbocycles. The molecule has 0 aromatic heterocycles. The smallest absolute Gasteiger partial charge is 0.309 e. The van der Waals surface area contributed by atoms with Gasteiger partial charge in [-0.15, -0.1) is 0 Å². The maximum atomic E-state index is 11.5. The zero-order valence-corrected chi connectivity index (χ0v) is 11.9. The average Bonchev–Trinajstić information content (AvgIpc) is 2.10. The fraction of sp³-hybridized carbons (Fsp3) is 0.917. The normalized spacial score (nSPS) is 16.1. The third-order valence-corrected chi connectivity index (χ3v) is 4.75. The van der Waals surface area contributed by atoms with Gasteiger partial charge in [-0.3, -0.25) is 4.79 Å². The van der Waals surface area contributed by atoms with E-state index in [4.69, 9.17) is 0 Å². The zero-order chi connectivity index (χ0) is 12.1. The lowest BCUT2D eigenvalue weighted by Crippen LogP contribution is -2.38. The molecule has 0 rings (SSSR count). The van der Waals surface area contributed by atoms with Crippen molar-refractivity contribution < 1.29 is 9.90 Å². The van der Waals surface area contributed by atoms with Crippen molar-refractivity contribution in [1.29, 1.82) is 0 Å². The van der Waals surface area contributed by atoms with E-state index in [0.717, 1.165) is 31.7 Å². The Hall–Kier alpha value is -0.313. The van der Waals surface area contributed by atoms with Gasteiger partial charge in [-0.25, -0.2) is 0 Å². The molecule has 0 amide bonds. The van der Waals surface area contributed by atoms with Crippen molar-refractivity contribution in [3.05, 3.63) is 0 Å². The molecule has 1 N–H and O–H groups in total. The Morgan fingerprint density at radius 1 is 1.27 bits per heavy atom. The van der Waals surface area contributed by atoms with Gasteiger partial charge in [0.1, 0.15) is 0 Å². The first-order valence-corrected chi connectivity index (χ1v) is 9.71. The summed E-state index contributed by atoms with van der Waals surface area (Å²) in [6.07, 6.45) is 3.73. The SMILES string of the molecule is CCCCC(CC)(C[Si](C)(C)C)C(=O)O.